The van der Waals surface area contributed by atoms with Gasteiger partial charge in [-0.3, -0.25) is 9.69 Å². The highest BCUT2D eigenvalue weighted by Crippen LogP contribution is 2.32. The van der Waals surface area contributed by atoms with Crippen LogP contribution < -0.4 is 5.32 Å². The van der Waals surface area contributed by atoms with Crippen molar-refractivity contribution in [3.8, 4) is 0 Å². The number of likely N-dealkylation sites (tertiary alicyclic amines) is 1. The van der Waals surface area contributed by atoms with E-state index in [1.165, 1.54) is 24.8 Å². The maximum absolute atomic E-state index is 13.0. The van der Waals surface area contributed by atoms with Gasteiger partial charge in [0.05, 0.1) is 22.3 Å². The first kappa shape index (κ1) is 28.5. The van der Waals surface area contributed by atoms with Crippen LogP contribution in [-0.4, -0.2) is 60.5 Å². The van der Waals surface area contributed by atoms with E-state index < -0.39 is 56.4 Å². The highest BCUT2D eigenvalue weighted by atomic mass is 32.2. The summed E-state index contributed by atoms with van der Waals surface area (Å²) in [5.41, 5.74) is 2.08. The van der Waals surface area contributed by atoms with Crippen LogP contribution in [0.2, 0.25) is 0 Å². The summed E-state index contributed by atoms with van der Waals surface area (Å²) in [6.45, 7) is 3.04. The molecule has 1 fully saturated rings. The standard InChI is InChI=1S/C27H33F3N2O5S/c28-27(29,30)20-7-5-8-21(15-20)38(36,37)17-24(33)25(34)26(35)31-23-9-4-6-19-14-18(10-11-22(19)23)16-32-12-2-1-3-13-32/h5,7-8,10-11,14-15,23-25,33-34H,1-4,6,9,12-13,16-17H2,(H,31,35)/t23-,24+,25-/m1/s1. The Bertz CT molecular complexity index is 1250. The topological polar surface area (TPSA) is 107 Å². The van der Waals surface area contributed by atoms with Gasteiger partial charge in [0.1, 0.15) is 6.10 Å². The Kier molecular flexibility index (Phi) is 8.81. The molecule has 1 saturated heterocycles. The lowest BCUT2D eigenvalue weighted by molar-refractivity contribution is -0.137. The maximum Gasteiger partial charge on any atom is 0.416 e. The van der Waals surface area contributed by atoms with Gasteiger partial charge in [-0.25, -0.2) is 8.42 Å². The normalized spacial score (nSPS) is 20.4. The van der Waals surface area contributed by atoms with E-state index in [0.717, 1.165) is 61.8 Å². The van der Waals surface area contributed by atoms with Crippen molar-refractivity contribution in [3.05, 3.63) is 64.7 Å². The number of nitrogens with zero attached hydrogens (tertiary/aromatic N) is 1. The lowest BCUT2D eigenvalue weighted by atomic mass is 9.86. The molecule has 2 aromatic rings. The van der Waals surface area contributed by atoms with Gasteiger partial charge in [-0.2, -0.15) is 13.2 Å². The fourth-order valence-corrected chi connectivity index (χ4v) is 6.62. The van der Waals surface area contributed by atoms with Gasteiger partial charge in [0, 0.05) is 6.54 Å². The van der Waals surface area contributed by atoms with Crippen LogP contribution in [0.4, 0.5) is 13.2 Å². The molecule has 208 valence electrons. The molecule has 0 unspecified atom stereocenters. The molecule has 0 saturated carbocycles. The zero-order valence-electron chi connectivity index (χ0n) is 21.0. The predicted octanol–water partition coefficient (Wildman–Crippen LogP) is 3.38. The SMILES string of the molecule is O=C(N[C@@H]1CCCc2cc(CN3CCCCC3)ccc21)[C@H](O)[C@@H](O)CS(=O)(=O)c1cccc(C(F)(F)F)c1. The van der Waals surface area contributed by atoms with Crippen molar-refractivity contribution in [1.29, 1.82) is 0 Å². The van der Waals surface area contributed by atoms with Gasteiger partial charge < -0.3 is 15.5 Å². The van der Waals surface area contributed by atoms with E-state index in [4.69, 9.17) is 0 Å². The molecular weight excluding hydrogens is 521 g/mol. The van der Waals surface area contributed by atoms with Crippen LogP contribution in [0, 0.1) is 0 Å². The number of aliphatic hydroxyl groups excluding tert-OH is 2. The van der Waals surface area contributed by atoms with E-state index in [1.54, 1.807) is 0 Å². The number of piperidine rings is 1. The predicted molar refractivity (Wildman–Crippen MR) is 135 cm³/mol. The number of sulfone groups is 1. The third kappa shape index (κ3) is 6.93. The number of amides is 1. The van der Waals surface area contributed by atoms with Gasteiger partial charge in [-0.1, -0.05) is 30.7 Å². The summed E-state index contributed by atoms with van der Waals surface area (Å²) in [7, 11) is -4.41. The first-order valence-corrected chi connectivity index (χ1v) is 14.5. The quantitative estimate of drug-likeness (QED) is 0.462. The number of aliphatic hydroxyl groups is 2. The molecule has 2 aromatic carbocycles. The molecule has 1 heterocycles. The van der Waals surface area contributed by atoms with Crippen LogP contribution in [0.25, 0.3) is 0 Å². The van der Waals surface area contributed by atoms with Crippen LogP contribution in [0.3, 0.4) is 0 Å². The number of benzene rings is 2. The molecule has 2 aliphatic rings. The van der Waals surface area contributed by atoms with Crippen LogP contribution in [0.1, 0.15) is 60.4 Å². The van der Waals surface area contributed by atoms with Crippen molar-refractivity contribution >= 4 is 15.7 Å². The first-order valence-electron chi connectivity index (χ1n) is 12.8. The smallest absolute Gasteiger partial charge is 0.389 e. The summed E-state index contributed by atoms with van der Waals surface area (Å²) in [4.78, 5) is 14.5. The Hall–Kier alpha value is -2.47. The van der Waals surface area contributed by atoms with Gasteiger partial charge in [0.2, 0.25) is 0 Å². The number of fused-ring (bicyclic) bond motifs is 1. The number of carbonyl (C=O) groups is 1. The Labute approximate surface area is 220 Å². The molecule has 7 nitrogen and oxygen atoms in total. The average Bonchev–Trinajstić information content (AvgIpc) is 2.88. The van der Waals surface area contributed by atoms with E-state index >= 15 is 0 Å². The fraction of sp³-hybridized carbons (Fsp3) is 0.519. The molecule has 0 radical (unpaired) electrons. The van der Waals surface area contributed by atoms with Crippen LogP contribution in [0.5, 0.6) is 0 Å². The molecule has 0 bridgehead atoms. The van der Waals surface area contributed by atoms with E-state index in [9.17, 15) is 36.6 Å². The Morgan fingerprint density at radius 2 is 1.79 bits per heavy atom. The van der Waals surface area contributed by atoms with E-state index in [2.05, 4.69) is 16.3 Å². The molecule has 3 atom stereocenters. The summed E-state index contributed by atoms with van der Waals surface area (Å²) in [5, 5.41) is 23.4. The van der Waals surface area contributed by atoms with Gasteiger partial charge in [0.25, 0.3) is 5.91 Å². The van der Waals surface area contributed by atoms with Crippen molar-refractivity contribution in [3.63, 3.8) is 0 Å². The molecule has 1 amide bonds. The average molecular weight is 555 g/mol. The Balaban J connectivity index is 1.39. The summed E-state index contributed by atoms with van der Waals surface area (Å²) in [6.07, 6.45) is -2.88. The number of halogens is 3. The monoisotopic (exact) mass is 554 g/mol. The van der Waals surface area contributed by atoms with Gasteiger partial charge in [-0.15, -0.1) is 0 Å². The molecule has 4 rings (SSSR count). The zero-order valence-corrected chi connectivity index (χ0v) is 21.8. The summed E-state index contributed by atoms with van der Waals surface area (Å²) in [5.74, 6) is -2.05. The van der Waals surface area contributed by atoms with Gasteiger partial charge in [-0.05, 0) is 80.1 Å². The number of carbonyl (C=O) groups excluding carboxylic acids is 1. The molecule has 1 aliphatic heterocycles. The van der Waals surface area contributed by atoms with Crippen molar-refractivity contribution in [2.24, 2.45) is 0 Å². The third-order valence-corrected chi connectivity index (χ3v) is 8.99. The van der Waals surface area contributed by atoms with Crippen molar-refractivity contribution in [1.82, 2.24) is 10.2 Å². The first-order chi connectivity index (χ1) is 17.9. The second-order valence-electron chi connectivity index (χ2n) is 10.1. The highest BCUT2D eigenvalue weighted by molar-refractivity contribution is 7.91. The van der Waals surface area contributed by atoms with Gasteiger partial charge in [0.15, 0.2) is 15.9 Å². The minimum atomic E-state index is -4.74. The Morgan fingerprint density at radius 1 is 1.05 bits per heavy atom. The Morgan fingerprint density at radius 3 is 2.50 bits per heavy atom. The molecule has 0 aromatic heterocycles. The molecule has 0 spiro atoms. The minimum absolute atomic E-state index is 0.405. The summed E-state index contributed by atoms with van der Waals surface area (Å²) >= 11 is 0. The highest BCUT2D eigenvalue weighted by Gasteiger charge is 2.34. The second-order valence-corrected chi connectivity index (χ2v) is 12.2. The van der Waals surface area contributed by atoms with Crippen LogP contribution in [-0.2, 0) is 33.8 Å². The third-order valence-electron chi connectivity index (χ3n) is 7.24. The maximum atomic E-state index is 13.0. The molecule has 11 heteroatoms. The van der Waals surface area contributed by atoms with Gasteiger partial charge >= 0.3 is 6.18 Å². The van der Waals surface area contributed by atoms with E-state index in [0.29, 0.717) is 12.5 Å². The van der Waals surface area contributed by atoms with Crippen molar-refractivity contribution in [2.75, 3.05) is 18.8 Å². The number of hydrogen-bond acceptors (Lipinski definition) is 6. The zero-order chi connectivity index (χ0) is 27.5. The lowest BCUT2D eigenvalue weighted by Crippen LogP contribution is -2.46. The molecule has 38 heavy (non-hydrogen) atoms. The largest absolute Gasteiger partial charge is 0.416 e. The minimum Gasteiger partial charge on any atom is -0.389 e. The second kappa shape index (κ2) is 11.7. The number of alkyl halides is 3. The van der Waals surface area contributed by atoms with Crippen LogP contribution >= 0.6 is 0 Å². The number of hydrogen-bond donors (Lipinski definition) is 3. The summed E-state index contributed by atoms with van der Waals surface area (Å²) < 4.78 is 64.1. The molecule has 3 N–H and O–H groups in total. The number of nitrogens with one attached hydrogen (secondary N) is 1. The van der Waals surface area contributed by atoms with E-state index in [-0.39, 0.29) is 0 Å². The summed E-state index contributed by atoms with van der Waals surface area (Å²) in [6, 6.07) is 8.87. The van der Waals surface area contributed by atoms with Crippen LogP contribution in [0.15, 0.2) is 47.4 Å². The number of aryl methyl sites for hydroxylation is 1. The molecular formula is C27H33F3N2O5S. The van der Waals surface area contributed by atoms with E-state index in [1.807, 2.05) is 12.1 Å². The lowest BCUT2D eigenvalue weighted by Gasteiger charge is -2.30. The number of rotatable bonds is 8. The molecule has 1 aliphatic carbocycles. The fourth-order valence-electron chi connectivity index (χ4n) is 5.20. The van der Waals surface area contributed by atoms with Crippen molar-refractivity contribution < 1.29 is 36.6 Å². The van der Waals surface area contributed by atoms with Crippen molar-refractivity contribution in [2.45, 2.75) is 74.4 Å².